The fourth-order valence-electron chi connectivity index (χ4n) is 6.99. The summed E-state index contributed by atoms with van der Waals surface area (Å²) in [7, 11) is -3.18. The summed E-state index contributed by atoms with van der Waals surface area (Å²) in [6.45, 7) is 1.69. The van der Waals surface area contributed by atoms with Crippen molar-refractivity contribution in [1.29, 1.82) is 0 Å². The van der Waals surface area contributed by atoms with Crippen LogP contribution < -0.4 is 0 Å². The van der Waals surface area contributed by atoms with Gasteiger partial charge in [-0.3, -0.25) is 0 Å². The Morgan fingerprint density at radius 2 is 1.38 bits per heavy atom. The van der Waals surface area contributed by atoms with E-state index in [9.17, 15) is 8.42 Å². The van der Waals surface area contributed by atoms with Crippen molar-refractivity contribution in [3.05, 3.63) is 0 Å². The molecule has 8 heteroatoms. The fraction of sp³-hybridized carbons (Fsp3) is 1.00. The minimum absolute atomic E-state index is 0.0709. The molecule has 3 saturated heterocycles. The van der Waals surface area contributed by atoms with E-state index in [2.05, 4.69) is 0 Å². The molecule has 0 radical (unpaired) electrons. The SMILES string of the molecule is CCS(=O)(=O)N1[C@@H]2C[C@H]1CC1(C2)OOC2(OO1)C1CC3CC(C1)CC2C3. The monoisotopic (exact) mass is 385 g/mol. The van der Waals surface area contributed by atoms with Gasteiger partial charge in [0, 0.05) is 36.8 Å². The second-order valence-corrected chi connectivity index (χ2v) is 11.6. The molecule has 5 saturated carbocycles. The highest BCUT2D eigenvalue weighted by atomic mass is 32.2. The molecule has 0 aromatic rings. The molecule has 0 aromatic heterocycles. The molecule has 8 aliphatic rings. The number of sulfonamides is 1. The first-order valence-corrected chi connectivity index (χ1v) is 11.8. The molecule has 8 rings (SSSR count). The molecule has 0 amide bonds. The third kappa shape index (κ3) is 2.09. The zero-order valence-electron chi connectivity index (χ0n) is 15.1. The largest absolute Gasteiger partial charge is 0.239 e. The van der Waals surface area contributed by atoms with Crippen LogP contribution in [-0.4, -0.2) is 42.1 Å². The van der Waals surface area contributed by atoms with Crippen molar-refractivity contribution in [2.75, 3.05) is 5.75 Å². The van der Waals surface area contributed by atoms with Crippen LogP contribution in [0.4, 0.5) is 0 Å². The van der Waals surface area contributed by atoms with Gasteiger partial charge in [0.25, 0.3) is 0 Å². The molecule has 6 bridgehead atoms. The number of piperidine rings is 1. The maximum absolute atomic E-state index is 12.3. The van der Waals surface area contributed by atoms with Crippen LogP contribution in [0.3, 0.4) is 0 Å². The lowest BCUT2D eigenvalue weighted by Crippen LogP contribution is -2.71. The number of rotatable bonds is 2. The molecule has 3 aliphatic heterocycles. The number of nitrogens with zero attached hydrogens (tertiary/aromatic N) is 1. The highest BCUT2D eigenvalue weighted by Gasteiger charge is 2.67. The Hall–Kier alpha value is -0.250. The van der Waals surface area contributed by atoms with Crippen molar-refractivity contribution in [3.63, 3.8) is 0 Å². The molecule has 7 nitrogen and oxygen atoms in total. The minimum Gasteiger partial charge on any atom is -0.212 e. The highest BCUT2D eigenvalue weighted by Crippen LogP contribution is 2.62. The van der Waals surface area contributed by atoms with Gasteiger partial charge in [0.1, 0.15) is 0 Å². The molecular formula is C18H27NO6S. The van der Waals surface area contributed by atoms with E-state index in [0.717, 1.165) is 43.9 Å². The van der Waals surface area contributed by atoms with Crippen LogP contribution in [0, 0.1) is 23.7 Å². The first-order valence-electron chi connectivity index (χ1n) is 10.2. The summed E-state index contributed by atoms with van der Waals surface area (Å²) < 4.78 is 26.2. The second-order valence-electron chi connectivity index (χ2n) is 9.45. The summed E-state index contributed by atoms with van der Waals surface area (Å²) in [5.74, 6) is 0.763. The average molecular weight is 385 g/mol. The van der Waals surface area contributed by atoms with Gasteiger partial charge in [0.2, 0.25) is 21.6 Å². The molecule has 2 atom stereocenters. The molecule has 8 fully saturated rings. The summed E-state index contributed by atoms with van der Waals surface area (Å²) in [5.41, 5.74) is 0. The zero-order chi connectivity index (χ0) is 17.7. The van der Waals surface area contributed by atoms with Crippen LogP contribution >= 0.6 is 0 Å². The van der Waals surface area contributed by atoms with Crippen molar-refractivity contribution in [3.8, 4) is 0 Å². The van der Waals surface area contributed by atoms with E-state index < -0.39 is 21.6 Å². The Balaban J connectivity index is 1.19. The standard InChI is InChI=1S/C18H27NO6S/c1-2-26(20,21)19-15-8-16(19)10-17(9-15)22-24-18(25-23-17)13-4-11-3-12(6-13)7-14(18)5-11/h11-16H,2-10H2,1H3/t11?,12?,13?,14?,15-,16+,17?,18?. The topological polar surface area (TPSA) is 74.3 Å². The fourth-order valence-corrected chi connectivity index (χ4v) is 8.52. The first-order chi connectivity index (χ1) is 12.4. The van der Waals surface area contributed by atoms with Crippen LogP contribution in [0.25, 0.3) is 0 Å². The molecular weight excluding hydrogens is 358 g/mol. The lowest BCUT2D eigenvalue weighted by Gasteiger charge is -2.62. The van der Waals surface area contributed by atoms with E-state index in [4.69, 9.17) is 19.6 Å². The van der Waals surface area contributed by atoms with E-state index in [-0.39, 0.29) is 17.8 Å². The normalized spacial score (nSPS) is 55.4. The summed E-state index contributed by atoms with van der Waals surface area (Å²) in [5, 5.41) is 0. The van der Waals surface area contributed by atoms with Crippen LogP contribution in [0.1, 0.15) is 58.3 Å². The van der Waals surface area contributed by atoms with Gasteiger partial charge in [-0.25, -0.2) is 8.42 Å². The lowest BCUT2D eigenvalue weighted by molar-refractivity contribution is -0.683. The minimum atomic E-state index is -3.18. The van der Waals surface area contributed by atoms with Crippen molar-refractivity contribution in [2.45, 2.75) is 81.9 Å². The van der Waals surface area contributed by atoms with Crippen LogP contribution in [-0.2, 0) is 29.6 Å². The highest BCUT2D eigenvalue weighted by molar-refractivity contribution is 7.89. The average Bonchev–Trinajstić information content (AvgIpc) is 2.60. The third-order valence-electron chi connectivity index (χ3n) is 7.97. The predicted molar refractivity (Wildman–Crippen MR) is 89.6 cm³/mol. The Morgan fingerprint density at radius 3 is 1.88 bits per heavy atom. The smallest absolute Gasteiger partial charge is 0.212 e. The van der Waals surface area contributed by atoms with E-state index in [0.29, 0.717) is 24.7 Å². The predicted octanol–water partition coefficient (Wildman–Crippen LogP) is 2.33. The Kier molecular flexibility index (Phi) is 3.34. The number of hydrogen-bond acceptors (Lipinski definition) is 6. The molecule has 0 unspecified atom stereocenters. The summed E-state index contributed by atoms with van der Waals surface area (Å²) >= 11 is 0. The van der Waals surface area contributed by atoms with Gasteiger partial charge in [-0.2, -0.15) is 23.9 Å². The third-order valence-corrected chi connectivity index (χ3v) is 9.94. The molecule has 146 valence electrons. The number of hydrogen-bond donors (Lipinski definition) is 0. The van der Waals surface area contributed by atoms with Crippen LogP contribution in [0.15, 0.2) is 0 Å². The first kappa shape index (κ1) is 16.7. The Labute approximate surface area is 154 Å². The van der Waals surface area contributed by atoms with Gasteiger partial charge >= 0.3 is 0 Å². The van der Waals surface area contributed by atoms with Gasteiger partial charge in [0.05, 0.1) is 5.75 Å². The lowest BCUT2D eigenvalue weighted by atomic mass is 9.53. The maximum Gasteiger partial charge on any atom is 0.239 e. The molecule has 2 spiro atoms. The quantitative estimate of drug-likeness (QED) is 0.679. The Bertz CT molecular complexity index is 671. The van der Waals surface area contributed by atoms with Crippen LogP contribution in [0.5, 0.6) is 0 Å². The molecule has 0 N–H and O–H groups in total. The van der Waals surface area contributed by atoms with Crippen molar-refractivity contribution < 1.29 is 28.0 Å². The van der Waals surface area contributed by atoms with Gasteiger partial charge in [-0.1, -0.05) is 0 Å². The Morgan fingerprint density at radius 1 is 0.846 bits per heavy atom. The van der Waals surface area contributed by atoms with Crippen molar-refractivity contribution in [2.24, 2.45) is 23.7 Å². The van der Waals surface area contributed by atoms with E-state index in [1.807, 2.05) is 0 Å². The molecule has 26 heavy (non-hydrogen) atoms. The van der Waals surface area contributed by atoms with Gasteiger partial charge in [-0.05, 0) is 57.3 Å². The molecule has 0 aromatic carbocycles. The van der Waals surface area contributed by atoms with Crippen LogP contribution in [0.2, 0.25) is 0 Å². The van der Waals surface area contributed by atoms with Crippen molar-refractivity contribution in [1.82, 2.24) is 4.31 Å². The summed E-state index contributed by atoms with van der Waals surface area (Å²) in [6, 6.07) is -0.142. The zero-order valence-corrected chi connectivity index (χ0v) is 15.9. The van der Waals surface area contributed by atoms with Gasteiger partial charge < -0.3 is 0 Å². The molecule has 5 aliphatic carbocycles. The maximum atomic E-state index is 12.3. The molecule has 3 heterocycles. The summed E-state index contributed by atoms with van der Waals surface area (Å²) in [4.78, 5) is 23.9. The van der Waals surface area contributed by atoms with Crippen molar-refractivity contribution >= 4 is 10.0 Å². The van der Waals surface area contributed by atoms with E-state index >= 15 is 0 Å². The second kappa shape index (κ2) is 5.21. The van der Waals surface area contributed by atoms with Gasteiger partial charge in [0.15, 0.2) is 0 Å². The summed E-state index contributed by atoms with van der Waals surface area (Å²) in [6.07, 6.45) is 7.73. The van der Waals surface area contributed by atoms with E-state index in [1.54, 1.807) is 11.2 Å². The van der Waals surface area contributed by atoms with E-state index in [1.165, 1.54) is 6.42 Å². The van der Waals surface area contributed by atoms with Gasteiger partial charge in [-0.15, -0.1) is 0 Å².